The SMILES string of the molecule is O=C(NCC(O)Cc1ccccc1)c1ccc(Cl)c([N+](=O)[O-])c1. The molecule has 0 spiro atoms. The first-order chi connectivity index (χ1) is 11.0. The van der Waals surface area contributed by atoms with Crippen LogP contribution in [0.2, 0.25) is 5.02 Å². The molecule has 0 aliphatic carbocycles. The normalized spacial score (nSPS) is 11.7. The summed E-state index contributed by atoms with van der Waals surface area (Å²) in [6, 6.07) is 13.2. The van der Waals surface area contributed by atoms with Crippen molar-refractivity contribution in [3.63, 3.8) is 0 Å². The minimum atomic E-state index is -0.747. The number of benzene rings is 2. The van der Waals surface area contributed by atoms with E-state index in [0.29, 0.717) is 6.42 Å². The summed E-state index contributed by atoms with van der Waals surface area (Å²) in [6.45, 7) is 0.0458. The van der Waals surface area contributed by atoms with E-state index in [9.17, 15) is 20.0 Å². The number of hydrogen-bond donors (Lipinski definition) is 2. The van der Waals surface area contributed by atoms with Crippen LogP contribution in [0, 0.1) is 10.1 Å². The van der Waals surface area contributed by atoms with Gasteiger partial charge in [-0.05, 0) is 17.7 Å². The number of aliphatic hydroxyl groups excluding tert-OH is 1. The Morgan fingerprint density at radius 1 is 1.26 bits per heavy atom. The van der Waals surface area contributed by atoms with Crippen LogP contribution in [0.4, 0.5) is 5.69 Å². The van der Waals surface area contributed by atoms with Gasteiger partial charge in [-0.15, -0.1) is 0 Å². The minimum Gasteiger partial charge on any atom is -0.391 e. The maximum absolute atomic E-state index is 12.0. The number of amides is 1. The van der Waals surface area contributed by atoms with Gasteiger partial charge in [-0.25, -0.2) is 0 Å². The molecule has 1 atom stereocenters. The molecule has 6 nitrogen and oxygen atoms in total. The third-order valence-corrected chi connectivity index (χ3v) is 3.54. The van der Waals surface area contributed by atoms with E-state index in [1.807, 2.05) is 30.3 Å². The Hall–Kier alpha value is -2.44. The third-order valence-electron chi connectivity index (χ3n) is 3.22. The minimum absolute atomic E-state index is 0.0318. The van der Waals surface area contributed by atoms with Gasteiger partial charge in [0.15, 0.2) is 0 Å². The second-order valence-electron chi connectivity index (χ2n) is 4.98. The Balaban J connectivity index is 1.94. The molecule has 0 saturated heterocycles. The molecule has 23 heavy (non-hydrogen) atoms. The number of nitro groups is 1. The van der Waals surface area contributed by atoms with Crippen molar-refractivity contribution in [1.29, 1.82) is 0 Å². The lowest BCUT2D eigenvalue weighted by atomic mass is 10.1. The van der Waals surface area contributed by atoms with Crippen LogP contribution in [0.1, 0.15) is 15.9 Å². The first-order valence-corrected chi connectivity index (χ1v) is 7.29. The summed E-state index contributed by atoms with van der Waals surface area (Å²) in [5.74, 6) is -0.503. The molecule has 1 unspecified atom stereocenters. The van der Waals surface area contributed by atoms with Gasteiger partial charge < -0.3 is 10.4 Å². The van der Waals surface area contributed by atoms with Crippen molar-refractivity contribution in [1.82, 2.24) is 5.32 Å². The van der Waals surface area contributed by atoms with E-state index >= 15 is 0 Å². The van der Waals surface area contributed by atoms with Gasteiger partial charge in [0.2, 0.25) is 0 Å². The summed E-state index contributed by atoms with van der Waals surface area (Å²) in [6.07, 6.45) is -0.342. The van der Waals surface area contributed by atoms with Crippen LogP contribution in [0.15, 0.2) is 48.5 Å². The van der Waals surface area contributed by atoms with Crippen LogP contribution < -0.4 is 5.32 Å². The second-order valence-corrected chi connectivity index (χ2v) is 5.38. The third kappa shape index (κ3) is 4.77. The summed E-state index contributed by atoms with van der Waals surface area (Å²) in [5, 5.41) is 23.3. The van der Waals surface area contributed by atoms with Gasteiger partial charge in [0.05, 0.1) is 11.0 Å². The molecule has 2 rings (SSSR count). The largest absolute Gasteiger partial charge is 0.391 e. The van der Waals surface area contributed by atoms with Gasteiger partial charge in [0.25, 0.3) is 11.6 Å². The lowest BCUT2D eigenvalue weighted by Gasteiger charge is -2.12. The lowest BCUT2D eigenvalue weighted by molar-refractivity contribution is -0.384. The van der Waals surface area contributed by atoms with Gasteiger partial charge in [0.1, 0.15) is 5.02 Å². The molecular weight excluding hydrogens is 320 g/mol. The fraction of sp³-hybridized carbons (Fsp3) is 0.188. The first-order valence-electron chi connectivity index (χ1n) is 6.91. The molecule has 2 N–H and O–H groups in total. The van der Waals surface area contributed by atoms with Crippen LogP contribution in [-0.4, -0.2) is 28.6 Å². The lowest BCUT2D eigenvalue weighted by Crippen LogP contribution is -2.33. The Bertz CT molecular complexity index is 706. The van der Waals surface area contributed by atoms with E-state index < -0.39 is 16.9 Å². The smallest absolute Gasteiger partial charge is 0.288 e. The highest BCUT2D eigenvalue weighted by Gasteiger charge is 2.16. The monoisotopic (exact) mass is 334 g/mol. The van der Waals surface area contributed by atoms with E-state index in [1.165, 1.54) is 12.1 Å². The van der Waals surface area contributed by atoms with Crippen LogP contribution >= 0.6 is 11.6 Å². The fourth-order valence-corrected chi connectivity index (χ4v) is 2.25. The maximum Gasteiger partial charge on any atom is 0.288 e. The van der Waals surface area contributed by atoms with Gasteiger partial charge in [-0.1, -0.05) is 41.9 Å². The van der Waals surface area contributed by atoms with E-state index in [1.54, 1.807) is 0 Å². The highest BCUT2D eigenvalue weighted by atomic mass is 35.5. The van der Waals surface area contributed by atoms with Crippen molar-refractivity contribution in [3.05, 3.63) is 74.8 Å². The number of carbonyl (C=O) groups excluding carboxylic acids is 1. The second kappa shape index (κ2) is 7.71. The Labute approximate surface area is 137 Å². The summed E-state index contributed by atoms with van der Waals surface area (Å²) in [5.41, 5.74) is 0.744. The average Bonchev–Trinajstić information content (AvgIpc) is 2.53. The Kier molecular flexibility index (Phi) is 5.67. The predicted octanol–water partition coefficient (Wildman–Crippen LogP) is 2.58. The molecule has 0 aromatic heterocycles. The van der Waals surface area contributed by atoms with E-state index in [2.05, 4.69) is 5.32 Å². The Morgan fingerprint density at radius 2 is 1.96 bits per heavy atom. The zero-order valence-corrected chi connectivity index (χ0v) is 12.9. The average molecular weight is 335 g/mol. The van der Waals surface area contributed by atoms with Gasteiger partial charge >= 0.3 is 0 Å². The van der Waals surface area contributed by atoms with Crippen LogP contribution in [0.3, 0.4) is 0 Å². The van der Waals surface area contributed by atoms with Crippen LogP contribution in [-0.2, 0) is 6.42 Å². The number of hydrogen-bond acceptors (Lipinski definition) is 4. The van der Waals surface area contributed by atoms with Crippen molar-refractivity contribution in [2.24, 2.45) is 0 Å². The molecule has 0 saturated carbocycles. The summed E-state index contributed by atoms with van der Waals surface area (Å²) < 4.78 is 0. The fourth-order valence-electron chi connectivity index (χ4n) is 2.06. The van der Waals surface area contributed by atoms with Crippen molar-refractivity contribution >= 4 is 23.2 Å². The van der Waals surface area contributed by atoms with Crippen molar-refractivity contribution < 1.29 is 14.8 Å². The van der Waals surface area contributed by atoms with E-state index in [-0.39, 0.29) is 22.8 Å². The van der Waals surface area contributed by atoms with Gasteiger partial charge in [0, 0.05) is 24.6 Å². The molecule has 0 heterocycles. The molecule has 0 aliphatic rings. The number of nitrogens with one attached hydrogen (secondary N) is 1. The summed E-state index contributed by atoms with van der Waals surface area (Å²) >= 11 is 5.70. The number of nitro benzene ring substituents is 1. The predicted molar refractivity (Wildman–Crippen MR) is 86.6 cm³/mol. The molecule has 2 aromatic rings. The van der Waals surface area contributed by atoms with Gasteiger partial charge in [-0.3, -0.25) is 14.9 Å². The maximum atomic E-state index is 12.0. The first kappa shape index (κ1) is 16.9. The highest BCUT2D eigenvalue weighted by Crippen LogP contribution is 2.24. The van der Waals surface area contributed by atoms with E-state index in [0.717, 1.165) is 11.6 Å². The molecule has 120 valence electrons. The topological polar surface area (TPSA) is 92.5 Å². The molecule has 0 aliphatic heterocycles. The van der Waals surface area contributed by atoms with Gasteiger partial charge in [-0.2, -0.15) is 0 Å². The zero-order valence-electron chi connectivity index (χ0n) is 12.1. The standard InChI is InChI=1S/C16H15ClN2O4/c17-14-7-6-12(9-15(14)19(22)23)16(21)18-10-13(20)8-11-4-2-1-3-5-11/h1-7,9,13,20H,8,10H2,(H,18,21). The molecule has 1 amide bonds. The molecular formula is C16H15ClN2O4. The highest BCUT2D eigenvalue weighted by molar-refractivity contribution is 6.32. The van der Waals surface area contributed by atoms with Crippen LogP contribution in [0.25, 0.3) is 0 Å². The molecule has 7 heteroatoms. The van der Waals surface area contributed by atoms with Crippen LogP contribution in [0.5, 0.6) is 0 Å². The zero-order chi connectivity index (χ0) is 16.8. The summed E-state index contributed by atoms with van der Waals surface area (Å²) in [7, 11) is 0. The van der Waals surface area contributed by atoms with Crippen molar-refractivity contribution in [3.8, 4) is 0 Å². The number of halogens is 1. The quantitative estimate of drug-likeness (QED) is 0.627. The Morgan fingerprint density at radius 3 is 2.61 bits per heavy atom. The van der Waals surface area contributed by atoms with Crippen molar-refractivity contribution in [2.45, 2.75) is 12.5 Å². The van der Waals surface area contributed by atoms with E-state index in [4.69, 9.17) is 11.6 Å². The molecule has 0 radical (unpaired) electrons. The molecule has 2 aromatic carbocycles. The van der Waals surface area contributed by atoms with Crippen molar-refractivity contribution in [2.75, 3.05) is 6.54 Å². The number of carbonyl (C=O) groups is 1. The molecule has 0 bridgehead atoms. The number of rotatable bonds is 6. The number of aliphatic hydroxyl groups is 1. The summed E-state index contributed by atoms with van der Waals surface area (Å²) in [4.78, 5) is 22.2. The molecule has 0 fully saturated rings. The number of nitrogens with zero attached hydrogens (tertiary/aromatic N) is 1.